The summed E-state index contributed by atoms with van der Waals surface area (Å²) < 4.78 is 10.3. The molecular formula is C26H34N2O5. The van der Waals surface area contributed by atoms with Crippen molar-refractivity contribution in [3.63, 3.8) is 0 Å². The van der Waals surface area contributed by atoms with Gasteiger partial charge in [0.1, 0.15) is 5.92 Å². The van der Waals surface area contributed by atoms with Gasteiger partial charge in [-0.1, -0.05) is 19.1 Å². The van der Waals surface area contributed by atoms with E-state index in [1.165, 1.54) is 7.11 Å². The van der Waals surface area contributed by atoms with Gasteiger partial charge in [0, 0.05) is 41.7 Å². The second kappa shape index (κ2) is 10.2. The first-order valence-electron chi connectivity index (χ1n) is 11.6. The van der Waals surface area contributed by atoms with Gasteiger partial charge in [-0.05, 0) is 57.7 Å². The fraction of sp³-hybridized carbons (Fsp3) is 0.500. The van der Waals surface area contributed by atoms with Crippen molar-refractivity contribution in [3.05, 3.63) is 52.4 Å². The number of hydrogen-bond donors (Lipinski definition) is 1. The summed E-state index contributed by atoms with van der Waals surface area (Å²) in [4.78, 5) is 41.4. The van der Waals surface area contributed by atoms with Gasteiger partial charge in [0.05, 0.1) is 19.3 Å². The Morgan fingerprint density at radius 3 is 2.30 bits per heavy atom. The largest absolute Gasteiger partial charge is 0.468 e. The monoisotopic (exact) mass is 454 g/mol. The number of anilines is 1. The Kier molecular flexibility index (Phi) is 7.61. The first-order chi connectivity index (χ1) is 15.8. The van der Waals surface area contributed by atoms with Crippen LogP contribution in [-0.2, 0) is 23.9 Å². The minimum atomic E-state index is -0.894. The fourth-order valence-corrected chi connectivity index (χ4v) is 4.96. The van der Waals surface area contributed by atoms with Crippen LogP contribution in [0.2, 0.25) is 0 Å². The molecule has 1 aliphatic heterocycles. The zero-order valence-corrected chi connectivity index (χ0v) is 20.4. The van der Waals surface area contributed by atoms with Crippen molar-refractivity contribution in [3.8, 4) is 0 Å². The Bertz CT molecular complexity index is 988. The molecule has 3 atom stereocenters. The van der Waals surface area contributed by atoms with Crippen LogP contribution >= 0.6 is 0 Å². The van der Waals surface area contributed by atoms with Gasteiger partial charge in [-0.3, -0.25) is 9.59 Å². The number of methoxy groups -OCH3 is 1. The van der Waals surface area contributed by atoms with Gasteiger partial charge < -0.3 is 19.7 Å². The molecule has 1 aromatic rings. The normalized spacial score (nSPS) is 22.5. The number of Topliss-reactive ketones (excluding diaryl/α,β-unsaturated/α-hetero) is 1. The topological polar surface area (TPSA) is 84.9 Å². The molecule has 7 nitrogen and oxygen atoms in total. The van der Waals surface area contributed by atoms with Crippen LogP contribution in [-0.4, -0.2) is 44.5 Å². The molecule has 0 fully saturated rings. The molecule has 0 radical (unpaired) electrons. The van der Waals surface area contributed by atoms with Crippen LogP contribution in [0.5, 0.6) is 0 Å². The number of ether oxygens (including phenoxy) is 2. The molecule has 2 aliphatic rings. The Labute approximate surface area is 195 Å². The third-order valence-electron chi connectivity index (χ3n) is 6.59. The number of carbonyl (C=O) groups excluding carboxylic acids is 3. The lowest BCUT2D eigenvalue weighted by Gasteiger charge is -2.38. The molecule has 3 unspecified atom stereocenters. The molecule has 178 valence electrons. The number of dihydropyridines is 1. The lowest BCUT2D eigenvalue weighted by atomic mass is 9.69. The average Bonchev–Trinajstić information content (AvgIpc) is 2.79. The summed E-state index contributed by atoms with van der Waals surface area (Å²) in [5.41, 5.74) is 4.16. The Balaban J connectivity index is 2.15. The minimum absolute atomic E-state index is 0.209. The predicted molar refractivity (Wildman–Crippen MR) is 127 cm³/mol. The first kappa shape index (κ1) is 24.6. The maximum Gasteiger partial charge on any atom is 0.336 e. The third-order valence-corrected chi connectivity index (χ3v) is 6.59. The lowest BCUT2D eigenvalue weighted by Crippen LogP contribution is -2.43. The molecule has 0 saturated heterocycles. The molecule has 0 bridgehead atoms. The van der Waals surface area contributed by atoms with Gasteiger partial charge in [-0.15, -0.1) is 0 Å². The van der Waals surface area contributed by atoms with E-state index in [1.807, 2.05) is 38.1 Å². The molecule has 0 amide bonds. The van der Waals surface area contributed by atoms with E-state index in [0.29, 0.717) is 23.3 Å². The Morgan fingerprint density at radius 2 is 1.76 bits per heavy atom. The molecule has 3 rings (SSSR count). The van der Waals surface area contributed by atoms with E-state index in [2.05, 4.69) is 24.1 Å². The molecule has 1 heterocycles. The zero-order valence-electron chi connectivity index (χ0n) is 20.4. The van der Waals surface area contributed by atoms with Crippen LogP contribution in [0.1, 0.15) is 52.5 Å². The molecule has 1 aromatic carbocycles. The summed E-state index contributed by atoms with van der Waals surface area (Å²) in [7, 11) is 1.29. The van der Waals surface area contributed by atoms with Gasteiger partial charge in [-0.25, -0.2) is 4.79 Å². The Morgan fingerprint density at radius 1 is 1.12 bits per heavy atom. The number of nitrogens with one attached hydrogen (secondary N) is 1. The second-order valence-electron chi connectivity index (χ2n) is 8.52. The molecule has 7 heteroatoms. The third kappa shape index (κ3) is 4.54. The molecule has 0 aromatic heterocycles. The van der Waals surface area contributed by atoms with Crippen LogP contribution in [0.15, 0.2) is 46.8 Å². The molecule has 33 heavy (non-hydrogen) atoms. The molecule has 1 N–H and O–H groups in total. The Hall–Kier alpha value is -3.09. The standard InChI is InChI=1S/C26H34N2O5/c1-7-28(8-2)18-12-10-17(11-13-18)22-21(26(31)33-9-3)16(5)27-19-14-15(4)20(25(30)32-6)24(29)23(19)22/h10-13,15,20,22,27H,7-9,14H2,1-6H3. The van der Waals surface area contributed by atoms with Crippen molar-refractivity contribution in [2.75, 3.05) is 31.7 Å². The summed E-state index contributed by atoms with van der Waals surface area (Å²) in [6.07, 6.45) is 0.516. The SMILES string of the molecule is CCOC(=O)C1=C(C)NC2=C(C(=O)C(C(=O)OC)C(C)C2)C1c1ccc(N(CC)CC)cc1. The highest BCUT2D eigenvalue weighted by Crippen LogP contribution is 2.45. The summed E-state index contributed by atoms with van der Waals surface area (Å²) in [5, 5.41) is 3.27. The quantitative estimate of drug-likeness (QED) is 0.497. The van der Waals surface area contributed by atoms with Gasteiger partial charge in [0.2, 0.25) is 0 Å². The summed E-state index contributed by atoms with van der Waals surface area (Å²) in [6.45, 7) is 11.6. The van der Waals surface area contributed by atoms with Crippen molar-refractivity contribution in [1.29, 1.82) is 0 Å². The number of ketones is 1. The van der Waals surface area contributed by atoms with E-state index in [0.717, 1.165) is 30.0 Å². The summed E-state index contributed by atoms with van der Waals surface area (Å²) >= 11 is 0. The van der Waals surface area contributed by atoms with E-state index < -0.39 is 23.8 Å². The number of rotatable bonds is 7. The smallest absolute Gasteiger partial charge is 0.336 e. The van der Waals surface area contributed by atoms with Crippen LogP contribution in [0.4, 0.5) is 5.69 Å². The van der Waals surface area contributed by atoms with Gasteiger partial charge in [0.15, 0.2) is 5.78 Å². The second-order valence-corrected chi connectivity index (χ2v) is 8.52. The minimum Gasteiger partial charge on any atom is -0.468 e. The fourth-order valence-electron chi connectivity index (χ4n) is 4.96. The number of carbonyl (C=O) groups is 3. The molecular weight excluding hydrogens is 420 g/mol. The van der Waals surface area contributed by atoms with Crippen LogP contribution < -0.4 is 10.2 Å². The maximum atomic E-state index is 13.7. The summed E-state index contributed by atoms with van der Waals surface area (Å²) in [6, 6.07) is 7.94. The summed E-state index contributed by atoms with van der Waals surface area (Å²) in [5.74, 6) is -3.02. The van der Waals surface area contributed by atoms with Crippen LogP contribution in [0.25, 0.3) is 0 Å². The van der Waals surface area contributed by atoms with Crippen LogP contribution in [0.3, 0.4) is 0 Å². The number of allylic oxidation sites excluding steroid dienone is 3. The molecule has 0 spiro atoms. The molecule has 1 aliphatic carbocycles. The van der Waals surface area contributed by atoms with Crippen molar-refractivity contribution in [1.82, 2.24) is 5.32 Å². The van der Waals surface area contributed by atoms with Gasteiger partial charge in [-0.2, -0.15) is 0 Å². The predicted octanol–water partition coefficient (Wildman–Crippen LogP) is 3.71. The highest BCUT2D eigenvalue weighted by Gasteiger charge is 2.47. The maximum absolute atomic E-state index is 13.7. The van der Waals surface area contributed by atoms with Gasteiger partial charge >= 0.3 is 11.9 Å². The van der Waals surface area contributed by atoms with E-state index in [4.69, 9.17) is 9.47 Å². The van der Waals surface area contributed by atoms with Crippen molar-refractivity contribution < 1.29 is 23.9 Å². The number of benzene rings is 1. The van der Waals surface area contributed by atoms with E-state index >= 15 is 0 Å². The highest BCUT2D eigenvalue weighted by molar-refractivity contribution is 6.12. The van der Waals surface area contributed by atoms with Crippen molar-refractivity contribution >= 4 is 23.4 Å². The van der Waals surface area contributed by atoms with E-state index in [9.17, 15) is 14.4 Å². The van der Waals surface area contributed by atoms with E-state index in [-0.39, 0.29) is 18.3 Å². The first-order valence-corrected chi connectivity index (χ1v) is 11.6. The van der Waals surface area contributed by atoms with Crippen molar-refractivity contribution in [2.45, 2.75) is 47.0 Å². The molecule has 0 saturated carbocycles. The number of nitrogens with zero attached hydrogens (tertiary/aromatic N) is 1. The average molecular weight is 455 g/mol. The number of hydrogen-bond acceptors (Lipinski definition) is 7. The lowest BCUT2D eigenvalue weighted by molar-refractivity contribution is -0.151. The van der Waals surface area contributed by atoms with E-state index in [1.54, 1.807) is 6.92 Å². The zero-order chi connectivity index (χ0) is 24.3. The van der Waals surface area contributed by atoms with Gasteiger partial charge in [0.25, 0.3) is 0 Å². The number of esters is 2. The highest BCUT2D eigenvalue weighted by atomic mass is 16.5. The van der Waals surface area contributed by atoms with Crippen LogP contribution in [0, 0.1) is 11.8 Å². The van der Waals surface area contributed by atoms with Crippen molar-refractivity contribution in [2.24, 2.45) is 11.8 Å².